The van der Waals surface area contributed by atoms with Gasteiger partial charge in [0.1, 0.15) is 13.2 Å². The molecule has 0 aromatic rings. The first-order valence-corrected chi connectivity index (χ1v) is 3.09. The molecule has 0 heterocycles. The van der Waals surface area contributed by atoms with Crippen molar-refractivity contribution in [3.05, 3.63) is 12.7 Å². The van der Waals surface area contributed by atoms with E-state index in [1.165, 1.54) is 6.92 Å². The summed E-state index contributed by atoms with van der Waals surface area (Å²) in [4.78, 5) is 20.6. The predicted molar refractivity (Wildman–Crippen MR) is 37.8 cm³/mol. The standard InChI is InChI=1S/C7H10O4/c1-3-7(9)11-5-4-10-6(2)8/h3H,1,4-5H2,2H3. The van der Waals surface area contributed by atoms with Crippen LogP contribution < -0.4 is 0 Å². The van der Waals surface area contributed by atoms with Gasteiger partial charge in [-0.2, -0.15) is 0 Å². The van der Waals surface area contributed by atoms with E-state index >= 15 is 0 Å². The summed E-state index contributed by atoms with van der Waals surface area (Å²) in [7, 11) is 0. The average Bonchev–Trinajstić information content (AvgIpc) is 1.97. The molecule has 0 aromatic heterocycles. The fourth-order valence-corrected chi connectivity index (χ4v) is 0.387. The third kappa shape index (κ3) is 6.57. The second-order valence-corrected chi connectivity index (χ2v) is 1.71. The smallest absolute Gasteiger partial charge is 0.330 e. The molecular formula is C7H10O4. The van der Waals surface area contributed by atoms with Crippen LogP contribution in [0.15, 0.2) is 12.7 Å². The topological polar surface area (TPSA) is 52.6 Å². The molecule has 0 aromatic carbocycles. The number of carbonyl (C=O) groups is 2. The largest absolute Gasteiger partial charge is 0.462 e. The number of rotatable bonds is 4. The quantitative estimate of drug-likeness (QED) is 0.335. The van der Waals surface area contributed by atoms with Crippen molar-refractivity contribution in [1.82, 2.24) is 0 Å². The summed E-state index contributed by atoms with van der Waals surface area (Å²) >= 11 is 0. The van der Waals surface area contributed by atoms with E-state index < -0.39 is 5.97 Å². The molecular weight excluding hydrogens is 148 g/mol. The van der Waals surface area contributed by atoms with E-state index in [0.29, 0.717) is 0 Å². The van der Waals surface area contributed by atoms with E-state index in [0.717, 1.165) is 6.08 Å². The summed E-state index contributed by atoms with van der Waals surface area (Å²) in [6, 6.07) is 0. The highest BCUT2D eigenvalue weighted by atomic mass is 16.6. The Balaban J connectivity index is 3.21. The van der Waals surface area contributed by atoms with Crippen molar-refractivity contribution in [3.63, 3.8) is 0 Å². The van der Waals surface area contributed by atoms with Gasteiger partial charge in [0, 0.05) is 13.0 Å². The van der Waals surface area contributed by atoms with Gasteiger partial charge in [0.15, 0.2) is 0 Å². The molecule has 11 heavy (non-hydrogen) atoms. The van der Waals surface area contributed by atoms with E-state index in [1.807, 2.05) is 0 Å². The highest BCUT2D eigenvalue weighted by Crippen LogP contribution is 1.81. The van der Waals surface area contributed by atoms with Gasteiger partial charge in [-0.25, -0.2) is 4.79 Å². The Morgan fingerprint density at radius 3 is 2.36 bits per heavy atom. The maximum atomic E-state index is 10.4. The molecule has 62 valence electrons. The lowest BCUT2D eigenvalue weighted by atomic mass is 10.6. The Hall–Kier alpha value is -1.32. The maximum absolute atomic E-state index is 10.4. The van der Waals surface area contributed by atoms with E-state index in [1.54, 1.807) is 0 Å². The van der Waals surface area contributed by atoms with E-state index in [9.17, 15) is 9.59 Å². The van der Waals surface area contributed by atoms with Gasteiger partial charge in [-0.1, -0.05) is 6.58 Å². The summed E-state index contributed by atoms with van der Waals surface area (Å²) in [5.74, 6) is -0.906. The minimum Gasteiger partial charge on any atom is -0.462 e. The number of hydrogen-bond acceptors (Lipinski definition) is 4. The van der Waals surface area contributed by atoms with Crippen LogP contribution in [0.5, 0.6) is 0 Å². The molecule has 0 atom stereocenters. The van der Waals surface area contributed by atoms with Crippen molar-refractivity contribution in [2.24, 2.45) is 0 Å². The first kappa shape index (κ1) is 9.68. The third-order valence-corrected chi connectivity index (χ3v) is 0.800. The Labute approximate surface area is 64.8 Å². The zero-order valence-corrected chi connectivity index (χ0v) is 6.33. The number of hydrogen-bond donors (Lipinski definition) is 0. The number of esters is 2. The van der Waals surface area contributed by atoms with Crippen LogP contribution in [0.3, 0.4) is 0 Å². The summed E-state index contributed by atoms with van der Waals surface area (Å²) in [5, 5.41) is 0. The molecule has 0 unspecified atom stereocenters. The molecule has 4 nitrogen and oxygen atoms in total. The molecule has 0 bridgehead atoms. The maximum Gasteiger partial charge on any atom is 0.330 e. The fraction of sp³-hybridized carbons (Fsp3) is 0.429. The van der Waals surface area contributed by atoms with E-state index in [4.69, 9.17) is 0 Å². The van der Waals surface area contributed by atoms with Crippen LogP contribution in [0.1, 0.15) is 6.92 Å². The zero-order valence-electron chi connectivity index (χ0n) is 6.33. The van der Waals surface area contributed by atoms with Crippen LogP contribution in [-0.4, -0.2) is 25.2 Å². The summed E-state index contributed by atoms with van der Waals surface area (Å²) in [6.45, 7) is 4.65. The van der Waals surface area contributed by atoms with Crippen LogP contribution in [0, 0.1) is 0 Å². The second-order valence-electron chi connectivity index (χ2n) is 1.71. The molecule has 0 amide bonds. The van der Waals surface area contributed by atoms with Gasteiger partial charge < -0.3 is 9.47 Å². The van der Waals surface area contributed by atoms with Crippen molar-refractivity contribution in [2.75, 3.05) is 13.2 Å². The van der Waals surface area contributed by atoms with Crippen molar-refractivity contribution in [1.29, 1.82) is 0 Å². The molecule has 0 fully saturated rings. The molecule has 0 aliphatic rings. The second kappa shape index (κ2) is 5.46. The molecule has 0 radical (unpaired) electrons. The first-order valence-electron chi connectivity index (χ1n) is 3.09. The van der Waals surface area contributed by atoms with Crippen LogP contribution in [0.25, 0.3) is 0 Å². The Morgan fingerprint density at radius 1 is 1.36 bits per heavy atom. The molecule has 0 aliphatic heterocycles. The third-order valence-electron chi connectivity index (χ3n) is 0.800. The SMILES string of the molecule is C=CC(=O)OCCOC(C)=O. The Bertz CT molecular complexity index is 162. The van der Waals surface area contributed by atoms with Gasteiger partial charge in [-0.3, -0.25) is 4.79 Å². The minimum absolute atomic E-state index is 0.0738. The van der Waals surface area contributed by atoms with Crippen molar-refractivity contribution in [2.45, 2.75) is 6.92 Å². The predicted octanol–water partition coefficient (Wildman–Crippen LogP) is 0.279. The first-order chi connectivity index (χ1) is 5.16. The van der Waals surface area contributed by atoms with Gasteiger partial charge in [-0.05, 0) is 0 Å². The Morgan fingerprint density at radius 2 is 1.91 bits per heavy atom. The monoisotopic (exact) mass is 158 g/mol. The average molecular weight is 158 g/mol. The molecule has 0 saturated carbocycles. The van der Waals surface area contributed by atoms with Crippen LogP contribution in [-0.2, 0) is 19.1 Å². The van der Waals surface area contributed by atoms with Gasteiger partial charge in [0.2, 0.25) is 0 Å². The summed E-state index contributed by atoms with van der Waals surface area (Å²) in [5.41, 5.74) is 0. The zero-order chi connectivity index (χ0) is 8.69. The van der Waals surface area contributed by atoms with Crippen LogP contribution in [0.2, 0.25) is 0 Å². The summed E-state index contributed by atoms with van der Waals surface area (Å²) < 4.78 is 8.99. The molecule has 4 heteroatoms. The van der Waals surface area contributed by atoms with E-state index in [-0.39, 0.29) is 19.2 Å². The lowest BCUT2D eigenvalue weighted by molar-refractivity contribution is -0.147. The lowest BCUT2D eigenvalue weighted by Crippen LogP contribution is -2.10. The van der Waals surface area contributed by atoms with Gasteiger partial charge >= 0.3 is 11.9 Å². The summed E-state index contributed by atoms with van der Waals surface area (Å²) in [6.07, 6.45) is 1.05. The highest BCUT2D eigenvalue weighted by molar-refractivity contribution is 5.81. The van der Waals surface area contributed by atoms with Gasteiger partial charge in [0.25, 0.3) is 0 Å². The molecule has 0 saturated heterocycles. The molecule has 0 spiro atoms. The number of ether oxygens (including phenoxy) is 2. The fourth-order valence-electron chi connectivity index (χ4n) is 0.387. The normalized spacial score (nSPS) is 8.45. The number of carbonyl (C=O) groups excluding carboxylic acids is 2. The van der Waals surface area contributed by atoms with Crippen molar-refractivity contribution >= 4 is 11.9 Å². The van der Waals surface area contributed by atoms with Gasteiger partial charge in [-0.15, -0.1) is 0 Å². The molecule has 0 N–H and O–H groups in total. The molecule has 0 aliphatic carbocycles. The van der Waals surface area contributed by atoms with Crippen molar-refractivity contribution < 1.29 is 19.1 Å². The Kier molecular flexibility index (Phi) is 4.81. The minimum atomic E-state index is -0.517. The highest BCUT2D eigenvalue weighted by Gasteiger charge is 1.95. The van der Waals surface area contributed by atoms with Crippen LogP contribution >= 0.6 is 0 Å². The van der Waals surface area contributed by atoms with Gasteiger partial charge in [0.05, 0.1) is 0 Å². The van der Waals surface area contributed by atoms with E-state index in [2.05, 4.69) is 16.1 Å². The van der Waals surface area contributed by atoms with Crippen LogP contribution in [0.4, 0.5) is 0 Å². The lowest BCUT2D eigenvalue weighted by Gasteiger charge is -2.01. The van der Waals surface area contributed by atoms with Crippen molar-refractivity contribution in [3.8, 4) is 0 Å². The molecule has 0 rings (SSSR count).